The van der Waals surface area contributed by atoms with Gasteiger partial charge in [0.1, 0.15) is 0 Å². The SMILES string of the molecule is CC(C)CNC(=O)COC(=O)c1csc2c1CCCC2. The minimum atomic E-state index is -0.371. The molecule has 1 N–H and O–H groups in total. The monoisotopic (exact) mass is 295 g/mol. The molecule has 20 heavy (non-hydrogen) atoms. The molecular weight excluding hydrogens is 274 g/mol. The molecule has 1 amide bonds. The summed E-state index contributed by atoms with van der Waals surface area (Å²) in [5.41, 5.74) is 1.79. The lowest BCUT2D eigenvalue weighted by molar-refractivity contribution is -0.124. The molecule has 0 fully saturated rings. The van der Waals surface area contributed by atoms with Crippen molar-refractivity contribution in [3.8, 4) is 0 Å². The van der Waals surface area contributed by atoms with Crippen molar-refractivity contribution in [2.24, 2.45) is 5.92 Å². The molecule has 0 radical (unpaired) electrons. The van der Waals surface area contributed by atoms with E-state index in [0.717, 1.165) is 24.8 Å². The Hall–Kier alpha value is -1.36. The summed E-state index contributed by atoms with van der Waals surface area (Å²) in [7, 11) is 0. The Bertz CT molecular complexity index is 493. The molecular formula is C15H21NO3S. The number of hydrogen-bond acceptors (Lipinski definition) is 4. The summed E-state index contributed by atoms with van der Waals surface area (Å²) >= 11 is 1.63. The molecule has 1 aliphatic carbocycles. The van der Waals surface area contributed by atoms with Gasteiger partial charge in [-0.05, 0) is 37.2 Å². The predicted octanol–water partition coefficient (Wildman–Crippen LogP) is 2.56. The predicted molar refractivity (Wildman–Crippen MR) is 79.1 cm³/mol. The number of rotatable bonds is 5. The van der Waals surface area contributed by atoms with Crippen LogP contribution >= 0.6 is 11.3 Å². The van der Waals surface area contributed by atoms with Gasteiger partial charge in [-0.2, -0.15) is 0 Å². The number of amides is 1. The summed E-state index contributed by atoms with van der Waals surface area (Å²) in [4.78, 5) is 24.8. The second-order valence-electron chi connectivity index (χ2n) is 5.53. The lowest BCUT2D eigenvalue weighted by Gasteiger charge is -2.12. The second kappa shape index (κ2) is 6.88. The third-order valence-electron chi connectivity index (χ3n) is 3.32. The number of fused-ring (bicyclic) bond motifs is 1. The van der Waals surface area contributed by atoms with Crippen molar-refractivity contribution in [3.05, 3.63) is 21.4 Å². The first-order valence-corrected chi connectivity index (χ1v) is 7.99. The molecule has 0 aliphatic heterocycles. The van der Waals surface area contributed by atoms with Crippen molar-refractivity contribution >= 4 is 23.2 Å². The summed E-state index contributed by atoms with van der Waals surface area (Å²) in [6, 6.07) is 0. The number of aryl methyl sites for hydroxylation is 1. The highest BCUT2D eigenvalue weighted by Gasteiger charge is 2.21. The van der Waals surface area contributed by atoms with E-state index in [2.05, 4.69) is 5.32 Å². The Labute approximate surface area is 123 Å². The maximum absolute atomic E-state index is 12.0. The van der Waals surface area contributed by atoms with Crippen LogP contribution in [-0.2, 0) is 22.4 Å². The summed E-state index contributed by atoms with van der Waals surface area (Å²) < 4.78 is 5.10. The van der Waals surface area contributed by atoms with Crippen LogP contribution in [-0.4, -0.2) is 25.0 Å². The van der Waals surface area contributed by atoms with Crippen LogP contribution in [0.3, 0.4) is 0 Å². The summed E-state index contributed by atoms with van der Waals surface area (Å²) in [6.45, 7) is 4.44. The van der Waals surface area contributed by atoms with Crippen LogP contribution in [0.2, 0.25) is 0 Å². The molecule has 110 valence electrons. The molecule has 1 heterocycles. The first-order valence-electron chi connectivity index (χ1n) is 7.11. The van der Waals surface area contributed by atoms with E-state index >= 15 is 0 Å². The zero-order chi connectivity index (χ0) is 14.5. The Kier molecular flexibility index (Phi) is 5.17. The fraction of sp³-hybridized carbons (Fsp3) is 0.600. The number of ether oxygens (including phenoxy) is 1. The van der Waals surface area contributed by atoms with E-state index in [9.17, 15) is 9.59 Å². The van der Waals surface area contributed by atoms with Gasteiger partial charge >= 0.3 is 5.97 Å². The number of thiophene rings is 1. The molecule has 5 heteroatoms. The van der Waals surface area contributed by atoms with Gasteiger partial charge in [0.05, 0.1) is 5.56 Å². The van der Waals surface area contributed by atoms with Crippen molar-refractivity contribution in [2.45, 2.75) is 39.5 Å². The molecule has 0 bridgehead atoms. The highest BCUT2D eigenvalue weighted by Crippen LogP contribution is 2.30. The van der Waals surface area contributed by atoms with Crippen LogP contribution in [0.5, 0.6) is 0 Å². The lowest BCUT2D eigenvalue weighted by Crippen LogP contribution is -2.31. The quantitative estimate of drug-likeness (QED) is 0.849. The number of carbonyl (C=O) groups excluding carboxylic acids is 2. The highest BCUT2D eigenvalue weighted by molar-refractivity contribution is 7.10. The van der Waals surface area contributed by atoms with E-state index in [1.807, 2.05) is 19.2 Å². The smallest absolute Gasteiger partial charge is 0.339 e. The number of nitrogens with one attached hydrogen (secondary N) is 1. The maximum atomic E-state index is 12.0. The minimum Gasteiger partial charge on any atom is -0.452 e. The van der Waals surface area contributed by atoms with Crippen LogP contribution in [0.1, 0.15) is 47.5 Å². The van der Waals surface area contributed by atoms with Crippen LogP contribution < -0.4 is 5.32 Å². The van der Waals surface area contributed by atoms with E-state index in [-0.39, 0.29) is 18.5 Å². The lowest BCUT2D eigenvalue weighted by atomic mass is 9.96. The van der Waals surface area contributed by atoms with E-state index in [0.29, 0.717) is 18.0 Å². The maximum Gasteiger partial charge on any atom is 0.339 e. The Morgan fingerprint density at radius 2 is 2.10 bits per heavy atom. The summed E-state index contributed by atoms with van der Waals surface area (Å²) in [5, 5.41) is 4.60. The van der Waals surface area contributed by atoms with Gasteiger partial charge in [0.15, 0.2) is 6.61 Å². The van der Waals surface area contributed by atoms with Gasteiger partial charge in [0.25, 0.3) is 5.91 Å². The molecule has 1 aromatic heterocycles. The molecule has 0 spiro atoms. The van der Waals surface area contributed by atoms with Crippen molar-refractivity contribution in [3.63, 3.8) is 0 Å². The Balaban J connectivity index is 1.86. The Morgan fingerprint density at radius 3 is 2.85 bits per heavy atom. The van der Waals surface area contributed by atoms with Gasteiger partial charge in [-0.25, -0.2) is 4.79 Å². The number of hydrogen-bond donors (Lipinski definition) is 1. The van der Waals surface area contributed by atoms with Crippen molar-refractivity contribution in [2.75, 3.05) is 13.2 Å². The molecule has 4 nitrogen and oxygen atoms in total. The minimum absolute atomic E-state index is 0.198. The topological polar surface area (TPSA) is 55.4 Å². The van der Waals surface area contributed by atoms with Crippen LogP contribution in [0.25, 0.3) is 0 Å². The molecule has 0 saturated heterocycles. The number of carbonyl (C=O) groups is 2. The van der Waals surface area contributed by atoms with E-state index in [1.165, 1.54) is 11.3 Å². The summed E-state index contributed by atoms with van der Waals surface area (Å²) in [6.07, 6.45) is 4.32. The average molecular weight is 295 g/mol. The zero-order valence-electron chi connectivity index (χ0n) is 12.0. The van der Waals surface area contributed by atoms with Gasteiger partial charge in [0.2, 0.25) is 0 Å². The zero-order valence-corrected chi connectivity index (χ0v) is 12.8. The average Bonchev–Trinajstić information content (AvgIpc) is 2.86. The van der Waals surface area contributed by atoms with Crippen molar-refractivity contribution in [1.29, 1.82) is 0 Å². The molecule has 1 aliphatic rings. The third kappa shape index (κ3) is 3.82. The first-order chi connectivity index (χ1) is 9.58. The molecule has 0 unspecified atom stereocenters. The molecule has 1 aromatic rings. The van der Waals surface area contributed by atoms with E-state index < -0.39 is 0 Å². The normalized spacial score (nSPS) is 13.9. The van der Waals surface area contributed by atoms with Gasteiger partial charge in [-0.1, -0.05) is 13.8 Å². The highest BCUT2D eigenvalue weighted by atomic mass is 32.1. The van der Waals surface area contributed by atoms with Crippen LogP contribution in [0, 0.1) is 5.92 Å². The largest absolute Gasteiger partial charge is 0.452 e. The van der Waals surface area contributed by atoms with Gasteiger partial charge in [-0.3, -0.25) is 4.79 Å². The van der Waals surface area contributed by atoms with Crippen LogP contribution in [0.4, 0.5) is 0 Å². The second-order valence-corrected chi connectivity index (χ2v) is 6.50. The summed E-state index contributed by atoms with van der Waals surface area (Å²) in [5.74, 6) is -0.223. The first kappa shape index (κ1) is 15.0. The van der Waals surface area contributed by atoms with Crippen LogP contribution in [0.15, 0.2) is 5.38 Å². The fourth-order valence-corrected chi connectivity index (χ4v) is 3.36. The van der Waals surface area contributed by atoms with Gasteiger partial charge in [-0.15, -0.1) is 11.3 Å². The molecule has 0 saturated carbocycles. The molecule has 2 rings (SSSR count). The van der Waals surface area contributed by atoms with Crippen molar-refractivity contribution < 1.29 is 14.3 Å². The van der Waals surface area contributed by atoms with E-state index in [1.54, 1.807) is 11.3 Å². The van der Waals surface area contributed by atoms with Gasteiger partial charge < -0.3 is 10.1 Å². The van der Waals surface area contributed by atoms with Crippen molar-refractivity contribution in [1.82, 2.24) is 5.32 Å². The fourth-order valence-electron chi connectivity index (χ4n) is 2.24. The third-order valence-corrected chi connectivity index (χ3v) is 4.41. The number of esters is 1. The molecule has 0 atom stereocenters. The van der Waals surface area contributed by atoms with E-state index in [4.69, 9.17) is 4.74 Å². The molecule has 0 aromatic carbocycles. The van der Waals surface area contributed by atoms with Gasteiger partial charge in [0, 0.05) is 16.8 Å². The Morgan fingerprint density at radius 1 is 1.35 bits per heavy atom. The standard InChI is InChI=1S/C15H21NO3S/c1-10(2)7-16-14(17)8-19-15(18)12-9-20-13-6-4-3-5-11(12)13/h9-10H,3-8H2,1-2H3,(H,16,17).